The number of amides is 3. The monoisotopic (exact) mass is 346 g/mol. The van der Waals surface area contributed by atoms with E-state index < -0.39 is 29.3 Å². The summed E-state index contributed by atoms with van der Waals surface area (Å²) in [7, 11) is 0. The van der Waals surface area contributed by atoms with E-state index in [0.29, 0.717) is 10.5 Å². The van der Waals surface area contributed by atoms with Gasteiger partial charge in [0.25, 0.3) is 5.91 Å². The normalized spacial score (nSPS) is 11.2. The molecule has 0 heterocycles. The van der Waals surface area contributed by atoms with Gasteiger partial charge in [-0.15, -0.1) is 4.90 Å². The predicted octanol–water partition coefficient (Wildman–Crippen LogP) is 3.87. The Morgan fingerprint density at radius 2 is 1.28 bits per heavy atom. The van der Waals surface area contributed by atoms with Crippen LogP contribution < -0.4 is 0 Å². The molecule has 0 unspecified atom stereocenters. The Hall–Kier alpha value is -2.88. The number of imide groups is 3. The fourth-order valence-electron chi connectivity index (χ4n) is 1.67. The second-order valence-corrected chi connectivity index (χ2v) is 7.29. The lowest BCUT2D eigenvalue weighted by Crippen LogP contribution is -2.46. The van der Waals surface area contributed by atoms with Crippen LogP contribution in [0.25, 0.3) is 0 Å². The molecule has 0 saturated heterocycles. The van der Waals surface area contributed by atoms with Gasteiger partial charge in [-0.25, -0.2) is 9.59 Å². The van der Waals surface area contributed by atoms with Crippen LogP contribution in [0.3, 0.4) is 0 Å². The Bertz CT molecular complexity index is 675. The zero-order valence-corrected chi connectivity index (χ0v) is 15.2. The molecule has 7 heteroatoms. The van der Waals surface area contributed by atoms with Crippen LogP contribution in [0.2, 0.25) is 0 Å². The highest BCUT2D eigenvalue weighted by atomic mass is 16.6. The van der Waals surface area contributed by atoms with Crippen molar-refractivity contribution in [3.05, 3.63) is 35.4 Å². The van der Waals surface area contributed by atoms with Crippen LogP contribution in [-0.4, -0.2) is 34.2 Å². The summed E-state index contributed by atoms with van der Waals surface area (Å²) in [6.45, 7) is 9.69. The van der Waals surface area contributed by atoms with Crippen LogP contribution in [0, 0.1) is 11.3 Å². The maximum Gasteiger partial charge on any atom is 0.427 e. The number of hydrogen-bond donors (Lipinski definition) is 0. The molecule has 0 aliphatic rings. The zero-order valence-electron chi connectivity index (χ0n) is 15.2. The van der Waals surface area contributed by atoms with Gasteiger partial charge in [0.1, 0.15) is 11.2 Å². The molecule has 7 nitrogen and oxygen atoms in total. The molecule has 0 bridgehead atoms. The molecule has 0 radical (unpaired) electrons. The molecule has 0 aliphatic carbocycles. The molecular weight excluding hydrogens is 324 g/mol. The molecular formula is C18H22N2O5. The number of nitrogens with zero attached hydrogens (tertiary/aromatic N) is 2. The van der Waals surface area contributed by atoms with Crippen molar-refractivity contribution in [1.29, 1.82) is 5.26 Å². The third kappa shape index (κ3) is 6.26. The minimum atomic E-state index is -1.13. The fourth-order valence-corrected chi connectivity index (χ4v) is 1.67. The Labute approximate surface area is 147 Å². The topological polar surface area (TPSA) is 96.7 Å². The van der Waals surface area contributed by atoms with Crippen molar-refractivity contribution in [1.82, 2.24) is 4.90 Å². The van der Waals surface area contributed by atoms with Gasteiger partial charge in [-0.1, -0.05) is 0 Å². The lowest BCUT2D eigenvalue weighted by molar-refractivity contribution is 0.00398. The summed E-state index contributed by atoms with van der Waals surface area (Å²) in [6.07, 6.45) is -2.26. The molecule has 1 aromatic rings. The minimum Gasteiger partial charge on any atom is -0.443 e. The van der Waals surface area contributed by atoms with Crippen molar-refractivity contribution < 1.29 is 23.9 Å². The van der Waals surface area contributed by atoms with Crippen LogP contribution in [0.1, 0.15) is 57.5 Å². The van der Waals surface area contributed by atoms with E-state index in [4.69, 9.17) is 14.7 Å². The van der Waals surface area contributed by atoms with E-state index in [9.17, 15) is 14.4 Å². The first-order valence-electron chi connectivity index (χ1n) is 7.64. The van der Waals surface area contributed by atoms with Crippen LogP contribution in [0.4, 0.5) is 9.59 Å². The number of carbonyl (C=O) groups excluding carboxylic acids is 3. The van der Waals surface area contributed by atoms with E-state index in [0.717, 1.165) is 0 Å². The first kappa shape index (κ1) is 20.2. The van der Waals surface area contributed by atoms with Crippen molar-refractivity contribution in [2.45, 2.75) is 52.7 Å². The number of rotatable bonds is 1. The number of benzene rings is 1. The molecule has 1 rings (SSSR count). The maximum absolute atomic E-state index is 12.6. The lowest BCUT2D eigenvalue weighted by atomic mass is 10.1. The Kier molecular flexibility index (Phi) is 5.92. The quantitative estimate of drug-likeness (QED) is 0.765. The van der Waals surface area contributed by atoms with Crippen molar-refractivity contribution in [2.24, 2.45) is 0 Å². The zero-order chi connectivity index (χ0) is 19.4. The van der Waals surface area contributed by atoms with Crippen molar-refractivity contribution in [2.75, 3.05) is 0 Å². The van der Waals surface area contributed by atoms with Gasteiger partial charge in [-0.2, -0.15) is 5.26 Å². The van der Waals surface area contributed by atoms with Crippen molar-refractivity contribution in [3.8, 4) is 6.07 Å². The van der Waals surface area contributed by atoms with Crippen LogP contribution in [0.15, 0.2) is 24.3 Å². The van der Waals surface area contributed by atoms with Crippen molar-refractivity contribution >= 4 is 18.1 Å². The maximum atomic E-state index is 12.6. The molecule has 0 atom stereocenters. The molecule has 0 aliphatic heterocycles. The molecule has 0 aromatic heterocycles. The Morgan fingerprint density at radius 1 is 0.880 bits per heavy atom. The average molecular weight is 346 g/mol. The largest absolute Gasteiger partial charge is 0.443 e. The predicted molar refractivity (Wildman–Crippen MR) is 89.8 cm³/mol. The van der Waals surface area contributed by atoms with Crippen LogP contribution in [0.5, 0.6) is 0 Å². The van der Waals surface area contributed by atoms with Crippen LogP contribution in [-0.2, 0) is 9.47 Å². The first-order valence-corrected chi connectivity index (χ1v) is 7.64. The van der Waals surface area contributed by atoms with Gasteiger partial charge in [-0.05, 0) is 65.8 Å². The SMILES string of the molecule is CC(C)(C)OC(=O)N(C(=O)OC(C)(C)C)C(=O)c1ccc(C#N)cc1. The molecule has 134 valence electrons. The van der Waals surface area contributed by atoms with E-state index in [1.54, 1.807) is 41.5 Å². The molecule has 0 saturated carbocycles. The van der Waals surface area contributed by atoms with Gasteiger partial charge in [0.15, 0.2) is 0 Å². The van der Waals surface area contributed by atoms with E-state index in [1.807, 2.05) is 6.07 Å². The van der Waals surface area contributed by atoms with E-state index in [1.165, 1.54) is 24.3 Å². The second kappa shape index (κ2) is 7.34. The highest BCUT2D eigenvalue weighted by Gasteiger charge is 2.36. The summed E-state index contributed by atoms with van der Waals surface area (Å²) in [4.78, 5) is 37.7. The average Bonchev–Trinajstić information content (AvgIpc) is 2.43. The summed E-state index contributed by atoms with van der Waals surface area (Å²) in [5.74, 6) is -0.895. The highest BCUT2D eigenvalue weighted by Crippen LogP contribution is 2.17. The third-order valence-corrected chi connectivity index (χ3v) is 2.62. The minimum absolute atomic E-state index is 0.0516. The van der Waals surface area contributed by atoms with E-state index in [2.05, 4.69) is 0 Å². The molecule has 0 fully saturated rings. The number of nitriles is 1. The second-order valence-electron chi connectivity index (χ2n) is 7.29. The molecule has 1 aromatic carbocycles. The highest BCUT2D eigenvalue weighted by molar-refractivity contribution is 6.13. The van der Waals surface area contributed by atoms with Crippen LogP contribution >= 0.6 is 0 Å². The molecule has 25 heavy (non-hydrogen) atoms. The Balaban J connectivity index is 3.19. The summed E-state index contributed by atoms with van der Waals surface area (Å²) >= 11 is 0. The van der Waals surface area contributed by atoms with Crippen molar-refractivity contribution in [3.63, 3.8) is 0 Å². The first-order chi connectivity index (χ1) is 11.3. The van der Waals surface area contributed by atoms with E-state index in [-0.39, 0.29) is 5.56 Å². The van der Waals surface area contributed by atoms with Gasteiger partial charge in [-0.3, -0.25) is 4.79 Å². The standard InChI is InChI=1S/C18H22N2O5/c1-17(2,3)24-15(22)20(16(23)25-18(4,5)6)14(21)13-9-7-12(11-19)8-10-13/h7-10H,1-6H3. The lowest BCUT2D eigenvalue weighted by Gasteiger charge is -2.27. The molecule has 0 N–H and O–H groups in total. The van der Waals surface area contributed by atoms with Gasteiger partial charge < -0.3 is 9.47 Å². The smallest absolute Gasteiger partial charge is 0.427 e. The summed E-state index contributed by atoms with van der Waals surface area (Å²) < 4.78 is 10.3. The van der Waals surface area contributed by atoms with Gasteiger partial charge in [0.2, 0.25) is 0 Å². The third-order valence-electron chi connectivity index (χ3n) is 2.62. The number of hydrogen-bond acceptors (Lipinski definition) is 6. The molecule has 3 amide bonds. The fraction of sp³-hybridized carbons (Fsp3) is 0.444. The summed E-state index contributed by atoms with van der Waals surface area (Å²) in [5, 5.41) is 8.81. The Morgan fingerprint density at radius 3 is 1.60 bits per heavy atom. The van der Waals surface area contributed by atoms with E-state index >= 15 is 0 Å². The van der Waals surface area contributed by atoms with Gasteiger partial charge in [0.05, 0.1) is 11.6 Å². The number of carbonyl (C=O) groups is 3. The van der Waals surface area contributed by atoms with Gasteiger partial charge >= 0.3 is 12.2 Å². The summed E-state index contributed by atoms with van der Waals surface area (Å²) in [5.41, 5.74) is -1.40. The molecule has 0 spiro atoms. The van der Waals surface area contributed by atoms with Gasteiger partial charge in [0, 0.05) is 5.56 Å². The summed E-state index contributed by atoms with van der Waals surface area (Å²) in [6, 6.07) is 7.45. The number of ether oxygens (including phenoxy) is 2.